The number of hydrazine groups is 1. The summed E-state index contributed by atoms with van der Waals surface area (Å²) in [6.45, 7) is 5.46. The lowest BCUT2D eigenvalue weighted by Gasteiger charge is -2.24. The Morgan fingerprint density at radius 3 is 2.26 bits per heavy atom. The standard InChI is InChI=1S/C22H19N5O4/c1-12-14-8-4-6-10-16(14)22(31)27(12)13(2)19(28)23-24-20(29)18-15-9-5-7-11-17(15)21(30)26(3)25-18/h4-11,13H,1H2,2-3H3,(H,23,28)(H,24,29). The number of carbonyl (C=O) groups excluding carboxylic acids is 3. The summed E-state index contributed by atoms with van der Waals surface area (Å²) >= 11 is 0. The zero-order valence-electron chi connectivity index (χ0n) is 16.9. The van der Waals surface area contributed by atoms with Crippen LogP contribution in [-0.4, -0.2) is 38.4 Å². The number of aromatic nitrogens is 2. The Labute approximate surface area is 176 Å². The molecule has 31 heavy (non-hydrogen) atoms. The molecule has 9 nitrogen and oxygen atoms in total. The molecule has 0 saturated carbocycles. The molecule has 2 N–H and O–H groups in total. The number of aryl methyl sites for hydroxylation is 1. The first-order chi connectivity index (χ1) is 14.8. The number of fused-ring (bicyclic) bond motifs is 2. The Morgan fingerprint density at radius 2 is 1.58 bits per heavy atom. The molecule has 0 aliphatic carbocycles. The number of nitrogens with zero attached hydrogens (tertiary/aromatic N) is 3. The molecule has 2 aromatic carbocycles. The van der Waals surface area contributed by atoms with E-state index in [1.165, 1.54) is 18.9 Å². The molecule has 9 heteroatoms. The van der Waals surface area contributed by atoms with Crippen molar-refractivity contribution in [1.82, 2.24) is 25.5 Å². The molecule has 156 valence electrons. The first-order valence-corrected chi connectivity index (χ1v) is 9.49. The molecule has 1 atom stereocenters. The van der Waals surface area contributed by atoms with Crippen LogP contribution in [-0.2, 0) is 11.8 Å². The van der Waals surface area contributed by atoms with E-state index >= 15 is 0 Å². The van der Waals surface area contributed by atoms with E-state index in [1.54, 1.807) is 48.5 Å². The molecular formula is C22H19N5O4. The first kappa shape index (κ1) is 20.0. The van der Waals surface area contributed by atoms with Gasteiger partial charge in [-0.05, 0) is 19.1 Å². The molecule has 1 unspecified atom stereocenters. The number of hydrogen-bond donors (Lipinski definition) is 2. The van der Waals surface area contributed by atoms with Gasteiger partial charge in [-0.25, -0.2) is 4.68 Å². The molecule has 3 amide bonds. The van der Waals surface area contributed by atoms with E-state index in [0.29, 0.717) is 27.6 Å². The van der Waals surface area contributed by atoms with Crippen LogP contribution in [0, 0.1) is 0 Å². The summed E-state index contributed by atoms with van der Waals surface area (Å²) in [4.78, 5) is 51.5. The summed E-state index contributed by atoms with van der Waals surface area (Å²) in [7, 11) is 1.44. The van der Waals surface area contributed by atoms with Gasteiger partial charge >= 0.3 is 0 Å². The fourth-order valence-corrected chi connectivity index (χ4v) is 3.58. The van der Waals surface area contributed by atoms with E-state index in [1.807, 2.05) is 0 Å². The third kappa shape index (κ3) is 3.25. The van der Waals surface area contributed by atoms with Crippen molar-refractivity contribution in [2.24, 2.45) is 7.05 Å². The van der Waals surface area contributed by atoms with Crippen LogP contribution < -0.4 is 16.4 Å². The predicted octanol–water partition coefficient (Wildman–Crippen LogP) is 1.21. The van der Waals surface area contributed by atoms with Crippen molar-refractivity contribution in [2.75, 3.05) is 0 Å². The lowest BCUT2D eigenvalue weighted by Crippen LogP contribution is -2.51. The van der Waals surface area contributed by atoms with Gasteiger partial charge in [0.2, 0.25) is 0 Å². The van der Waals surface area contributed by atoms with Crippen LogP contribution in [0.25, 0.3) is 16.5 Å². The average Bonchev–Trinajstić information content (AvgIpc) is 3.04. The predicted molar refractivity (Wildman–Crippen MR) is 114 cm³/mol. The summed E-state index contributed by atoms with van der Waals surface area (Å²) in [6.07, 6.45) is 0. The summed E-state index contributed by atoms with van der Waals surface area (Å²) in [5.41, 5.74) is 5.83. The van der Waals surface area contributed by atoms with Crippen molar-refractivity contribution in [3.05, 3.63) is 82.3 Å². The van der Waals surface area contributed by atoms with Crippen molar-refractivity contribution in [2.45, 2.75) is 13.0 Å². The van der Waals surface area contributed by atoms with Gasteiger partial charge in [-0.1, -0.05) is 43.0 Å². The number of benzene rings is 2. The van der Waals surface area contributed by atoms with Gasteiger partial charge in [0, 0.05) is 29.3 Å². The van der Waals surface area contributed by atoms with Crippen LogP contribution in [0.15, 0.2) is 59.9 Å². The van der Waals surface area contributed by atoms with E-state index in [-0.39, 0.29) is 17.2 Å². The SMILES string of the molecule is C=C1c2ccccc2C(=O)N1C(C)C(=O)NNC(=O)c1nn(C)c(=O)c2ccccc12. The largest absolute Gasteiger partial charge is 0.296 e. The van der Waals surface area contributed by atoms with E-state index in [4.69, 9.17) is 0 Å². The highest BCUT2D eigenvalue weighted by Gasteiger charge is 2.36. The Balaban J connectivity index is 1.51. The number of hydrogen-bond acceptors (Lipinski definition) is 5. The minimum atomic E-state index is -0.919. The van der Waals surface area contributed by atoms with Gasteiger partial charge in [0.15, 0.2) is 5.69 Å². The summed E-state index contributed by atoms with van der Waals surface area (Å²) in [6, 6.07) is 12.6. The van der Waals surface area contributed by atoms with Crippen molar-refractivity contribution >= 4 is 34.2 Å². The van der Waals surface area contributed by atoms with Crippen LogP contribution in [0.4, 0.5) is 0 Å². The Morgan fingerprint density at radius 1 is 0.968 bits per heavy atom. The monoisotopic (exact) mass is 417 g/mol. The second kappa shape index (κ2) is 7.52. The Hall–Kier alpha value is -4.27. The molecule has 1 aliphatic heterocycles. The summed E-state index contributed by atoms with van der Waals surface area (Å²) < 4.78 is 1.06. The van der Waals surface area contributed by atoms with Gasteiger partial charge < -0.3 is 0 Å². The Bertz CT molecular complexity index is 1290. The zero-order valence-corrected chi connectivity index (χ0v) is 16.9. The third-order valence-corrected chi connectivity index (χ3v) is 5.22. The molecule has 1 aromatic heterocycles. The van der Waals surface area contributed by atoms with E-state index in [0.717, 1.165) is 4.68 Å². The maximum absolute atomic E-state index is 12.7. The molecule has 2 heterocycles. The second-order valence-corrected chi connectivity index (χ2v) is 7.11. The molecule has 1 aliphatic rings. The number of rotatable bonds is 3. The summed E-state index contributed by atoms with van der Waals surface area (Å²) in [5.74, 6) is -1.63. The first-order valence-electron chi connectivity index (χ1n) is 9.49. The lowest BCUT2D eigenvalue weighted by atomic mass is 10.1. The van der Waals surface area contributed by atoms with Gasteiger partial charge in [0.05, 0.1) is 5.39 Å². The van der Waals surface area contributed by atoms with Gasteiger partial charge in [0.1, 0.15) is 6.04 Å². The molecule has 0 bridgehead atoms. The number of nitrogens with one attached hydrogen (secondary N) is 2. The molecular weight excluding hydrogens is 398 g/mol. The topological polar surface area (TPSA) is 113 Å². The maximum atomic E-state index is 12.7. The van der Waals surface area contributed by atoms with Gasteiger partial charge in [-0.2, -0.15) is 5.10 Å². The number of amides is 3. The third-order valence-electron chi connectivity index (χ3n) is 5.22. The average molecular weight is 417 g/mol. The van der Waals surface area contributed by atoms with Crippen LogP contribution >= 0.6 is 0 Å². The smallest absolute Gasteiger partial charge is 0.290 e. The van der Waals surface area contributed by atoms with Crippen LogP contribution in [0.2, 0.25) is 0 Å². The normalized spacial score (nSPS) is 13.8. The molecule has 4 rings (SSSR count). The highest BCUT2D eigenvalue weighted by Crippen LogP contribution is 2.32. The van der Waals surface area contributed by atoms with Crippen molar-refractivity contribution < 1.29 is 14.4 Å². The zero-order chi connectivity index (χ0) is 22.3. The van der Waals surface area contributed by atoms with Gasteiger partial charge in [-0.15, -0.1) is 0 Å². The van der Waals surface area contributed by atoms with Crippen LogP contribution in [0.1, 0.15) is 33.3 Å². The van der Waals surface area contributed by atoms with Gasteiger partial charge in [-0.3, -0.25) is 34.9 Å². The second-order valence-electron chi connectivity index (χ2n) is 7.11. The summed E-state index contributed by atoms with van der Waals surface area (Å²) in [5, 5.41) is 4.71. The fraction of sp³-hybridized carbons (Fsp3) is 0.136. The minimum Gasteiger partial charge on any atom is -0.296 e. The molecule has 0 radical (unpaired) electrons. The maximum Gasteiger partial charge on any atom is 0.290 e. The van der Waals surface area contributed by atoms with Crippen molar-refractivity contribution in [3.8, 4) is 0 Å². The quantitative estimate of drug-likeness (QED) is 0.622. The van der Waals surface area contributed by atoms with Crippen molar-refractivity contribution in [3.63, 3.8) is 0 Å². The Kier molecular flexibility index (Phi) is 4.86. The fourth-order valence-electron chi connectivity index (χ4n) is 3.58. The lowest BCUT2D eigenvalue weighted by molar-refractivity contribution is -0.125. The van der Waals surface area contributed by atoms with Crippen LogP contribution in [0.5, 0.6) is 0 Å². The van der Waals surface area contributed by atoms with E-state index < -0.39 is 17.9 Å². The molecule has 0 fully saturated rings. The highest BCUT2D eigenvalue weighted by molar-refractivity contribution is 6.11. The molecule has 3 aromatic rings. The van der Waals surface area contributed by atoms with E-state index in [2.05, 4.69) is 22.5 Å². The number of carbonyl (C=O) groups is 3. The molecule has 0 saturated heterocycles. The van der Waals surface area contributed by atoms with Gasteiger partial charge in [0.25, 0.3) is 23.3 Å². The van der Waals surface area contributed by atoms with Crippen LogP contribution in [0.3, 0.4) is 0 Å². The minimum absolute atomic E-state index is 0.0142. The molecule has 0 spiro atoms. The highest BCUT2D eigenvalue weighted by atomic mass is 16.2. The van der Waals surface area contributed by atoms with E-state index in [9.17, 15) is 19.2 Å². The van der Waals surface area contributed by atoms with Crippen molar-refractivity contribution in [1.29, 1.82) is 0 Å².